The molecule has 1 aliphatic heterocycles. The third-order valence-electron chi connectivity index (χ3n) is 6.52. The molecular weight excluding hydrogens is 496 g/mol. The number of ketones is 1. The molecule has 0 aromatic heterocycles. The van der Waals surface area contributed by atoms with Crippen molar-refractivity contribution in [2.24, 2.45) is 5.92 Å². The van der Waals surface area contributed by atoms with Gasteiger partial charge in [0, 0.05) is 12.1 Å². The van der Waals surface area contributed by atoms with Crippen molar-refractivity contribution < 1.29 is 28.9 Å². The molecule has 0 saturated carbocycles. The highest BCUT2D eigenvalue weighted by Gasteiger charge is 2.46. The summed E-state index contributed by atoms with van der Waals surface area (Å²) in [7, 11) is 3.92. The smallest absolute Gasteiger partial charge is 0.295 e. The zero-order valence-electron chi connectivity index (χ0n) is 24.0. The number of benzene rings is 2. The molecule has 1 aliphatic rings. The lowest BCUT2D eigenvalue weighted by molar-refractivity contribution is -0.139. The fourth-order valence-electron chi connectivity index (χ4n) is 4.53. The van der Waals surface area contributed by atoms with Gasteiger partial charge >= 0.3 is 0 Å². The van der Waals surface area contributed by atoms with E-state index < -0.39 is 17.7 Å². The fourth-order valence-corrected chi connectivity index (χ4v) is 4.53. The maximum Gasteiger partial charge on any atom is 0.295 e. The number of rotatable bonds is 14. The van der Waals surface area contributed by atoms with Gasteiger partial charge < -0.3 is 29.1 Å². The fraction of sp³-hybridized carbons (Fsp3) is 0.484. The Morgan fingerprint density at radius 1 is 0.974 bits per heavy atom. The molecule has 1 fully saturated rings. The second kappa shape index (κ2) is 14.0. The highest BCUT2D eigenvalue weighted by Crippen LogP contribution is 2.42. The minimum absolute atomic E-state index is 0.0601. The minimum atomic E-state index is -0.761. The number of nitrogens with zero attached hydrogens (tertiary/aromatic N) is 2. The lowest BCUT2D eigenvalue weighted by Crippen LogP contribution is -2.32. The van der Waals surface area contributed by atoms with Crippen LogP contribution >= 0.6 is 0 Å². The lowest BCUT2D eigenvalue weighted by Gasteiger charge is -2.26. The summed E-state index contributed by atoms with van der Waals surface area (Å²) in [6, 6.07) is 11.6. The van der Waals surface area contributed by atoms with Crippen LogP contribution in [-0.4, -0.2) is 73.6 Å². The van der Waals surface area contributed by atoms with Crippen molar-refractivity contribution in [1.82, 2.24) is 9.80 Å². The van der Waals surface area contributed by atoms with Gasteiger partial charge in [-0.2, -0.15) is 0 Å². The van der Waals surface area contributed by atoms with Crippen LogP contribution in [0.25, 0.3) is 5.76 Å². The topological polar surface area (TPSA) is 88.5 Å². The molecule has 1 saturated heterocycles. The number of aliphatic hydroxyl groups is 1. The van der Waals surface area contributed by atoms with Gasteiger partial charge in [0.25, 0.3) is 11.7 Å². The first-order valence-electron chi connectivity index (χ1n) is 13.7. The van der Waals surface area contributed by atoms with Crippen LogP contribution in [0.3, 0.4) is 0 Å². The molecule has 1 amide bonds. The minimum Gasteiger partial charge on any atom is -0.507 e. The number of carbonyl (C=O) groups is 2. The van der Waals surface area contributed by atoms with E-state index in [0.29, 0.717) is 67.1 Å². The Morgan fingerprint density at radius 3 is 2.28 bits per heavy atom. The molecule has 3 rings (SSSR count). The molecule has 0 bridgehead atoms. The van der Waals surface area contributed by atoms with Crippen molar-refractivity contribution in [2.45, 2.75) is 46.6 Å². The monoisotopic (exact) mass is 538 g/mol. The number of ether oxygens (including phenoxy) is 3. The molecular formula is C31H42N2O6. The van der Waals surface area contributed by atoms with Gasteiger partial charge in [0.2, 0.25) is 0 Å². The van der Waals surface area contributed by atoms with Crippen molar-refractivity contribution in [2.75, 3.05) is 47.0 Å². The Bertz CT molecular complexity index is 1160. The Labute approximate surface area is 232 Å². The Kier molecular flexibility index (Phi) is 10.8. The molecule has 39 heavy (non-hydrogen) atoms. The summed E-state index contributed by atoms with van der Waals surface area (Å²) in [5.74, 6) is 0.768. The van der Waals surface area contributed by atoms with Crippen LogP contribution in [0, 0.1) is 5.92 Å². The molecule has 1 heterocycles. The van der Waals surface area contributed by atoms with Crippen LogP contribution in [0.4, 0.5) is 0 Å². The molecule has 1 N–H and O–H groups in total. The molecule has 8 nitrogen and oxygen atoms in total. The zero-order chi connectivity index (χ0) is 28.5. The van der Waals surface area contributed by atoms with Crippen LogP contribution < -0.4 is 14.2 Å². The van der Waals surface area contributed by atoms with Crippen molar-refractivity contribution in [1.29, 1.82) is 0 Å². The average molecular weight is 539 g/mol. The maximum atomic E-state index is 13.4. The average Bonchev–Trinajstić information content (AvgIpc) is 3.14. The third-order valence-corrected chi connectivity index (χ3v) is 6.52. The number of amides is 1. The first-order chi connectivity index (χ1) is 18.7. The van der Waals surface area contributed by atoms with Crippen molar-refractivity contribution in [3.63, 3.8) is 0 Å². The summed E-state index contributed by atoms with van der Waals surface area (Å²) >= 11 is 0. The summed E-state index contributed by atoms with van der Waals surface area (Å²) in [4.78, 5) is 30.2. The van der Waals surface area contributed by atoms with Crippen molar-refractivity contribution >= 4 is 17.4 Å². The molecule has 0 spiro atoms. The number of aliphatic hydroxyl groups excluding tert-OH is 1. The van der Waals surface area contributed by atoms with Gasteiger partial charge in [0.1, 0.15) is 11.5 Å². The van der Waals surface area contributed by atoms with Gasteiger partial charge in [-0.3, -0.25) is 9.59 Å². The van der Waals surface area contributed by atoms with E-state index in [2.05, 4.69) is 13.8 Å². The molecule has 8 heteroatoms. The molecule has 0 radical (unpaired) electrons. The predicted molar refractivity (Wildman–Crippen MR) is 152 cm³/mol. The highest BCUT2D eigenvalue weighted by atomic mass is 16.5. The third kappa shape index (κ3) is 7.53. The molecule has 1 unspecified atom stereocenters. The van der Waals surface area contributed by atoms with E-state index in [0.717, 1.165) is 13.0 Å². The van der Waals surface area contributed by atoms with E-state index in [9.17, 15) is 14.7 Å². The van der Waals surface area contributed by atoms with Crippen LogP contribution in [0.15, 0.2) is 48.0 Å². The number of carbonyl (C=O) groups excluding carboxylic acids is 2. The van der Waals surface area contributed by atoms with Crippen LogP contribution in [-0.2, 0) is 9.59 Å². The zero-order valence-corrected chi connectivity index (χ0v) is 24.0. The Morgan fingerprint density at radius 2 is 1.67 bits per heavy atom. The van der Waals surface area contributed by atoms with Gasteiger partial charge in [-0.25, -0.2) is 0 Å². The lowest BCUT2D eigenvalue weighted by atomic mass is 9.95. The van der Waals surface area contributed by atoms with E-state index >= 15 is 0 Å². The van der Waals surface area contributed by atoms with Crippen LogP contribution in [0.2, 0.25) is 0 Å². The Balaban J connectivity index is 2.07. The van der Waals surface area contributed by atoms with E-state index in [-0.39, 0.29) is 11.3 Å². The predicted octanol–water partition coefficient (Wildman–Crippen LogP) is 5.28. The summed E-state index contributed by atoms with van der Waals surface area (Å²) in [5.41, 5.74) is 1.17. The van der Waals surface area contributed by atoms with Crippen LogP contribution in [0.1, 0.15) is 57.7 Å². The first kappa shape index (κ1) is 30.0. The highest BCUT2D eigenvalue weighted by molar-refractivity contribution is 6.46. The summed E-state index contributed by atoms with van der Waals surface area (Å²) < 4.78 is 17.4. The van der Waals surface area contributed by atoms with Gasteiger partial charge in [-0.1, -0.05) is 19.9 Å². The van der Waals surface area contributed by atoms with Crippen molar-refractivity contribution in [3.05, 3.63) is 59.2 Å². The van der Waals surface area contributed by atoms with Crippen LogP contribution in [0.5, 0.6) is 17.2 Å². The quantitative estimate of drug-likeness (QED) is 0.199. The van der Waals surface area contributed by atoms with E-state index in [1.165, 1.54) is 0 Å². The van der Waals surface area contributed by atoms with Crippen molar-refractivity contribution in [3.8, 4) is 17.2 Å². The molecule has 212 valence electrons. The second-order valence-electron chi connectivity index (χ2n) is 10.3. The molecule has 2 aromatic carbocycles. The second-order valence-corrected chi connectivity index (χ2v) is 10.3. The van der Waals surface area contributed by atoms with Gasteiger partial charge in [0.05, 0.1) is 31.4 Å². The number of hydrogen-bond acceptors (Lipinski definition) is 7. The van der Waals surface area contributed by atoms with Gasteiger partial charge in [-0.05, 0) is 95.2 Å². The van der Waals surface area contributed by atoms with E-state index in [4.69, 9.17) is 14.2 Å². The maximum absolute atomic E-state index is 13.4. The Hall–Kier alpha value is -3.52. The van der Waals surface area contributed by atoms with E-state index in [1.54, 1.807) is 29.2 Å². The van der Waals surface area contributed by atoms with Gasteiger partial charge in [0.15, 0.2) is 11.5 Å². The largest absolute Gasteiger partial charge is 0.507 e. The molecule has 0 aliphatic carbocycles. The first-order valence-corrected chi connectivity index (χ1v) is 13.7. The summed E-state index contributed by atoms with van der Waals surface area (Å²) in [5, 5.41) is 11.4. The summed E-state index contributed by atoms with van der Waals surface area (Å²) in [6.45, 7) is 10.7. The van der Waals surface area contributed by atoms with Gasteiger partial charge in [-0.15, -0.1) is 0 Å². The number of likely N-dealkylation sites (tertiary alicyclic amines) is 1. The number of hydrogen-bond donors (Lipinski definition) is 1. The molecule has 1 atom stereocenters. The molecule has 2 aromatic rings. The SMILES string of the molecule is CCOc1ccc(C(O)=C2C(=O)C(=O)N(CCCN(C)C)C2c2ccc(OCCC(C)C)c(OCC)c2)cc1. The normalized spacial score (nSPS) is 16.8. The number of Topliss-reactive ketones (excluding diaryl/α,β-unsaturated/α-hetero) is 1. The summed E-state index contributed by atoms with van der Waals surface area (Å²) in [6.07, 6.45) is 1.58. The van der Waals surface area contributed by atoms with E-state index in [1.807, 2.05) is 51.0 Å². The standard InChI is InChI=1S/C31H42N2O6/c1-7-37-24-13-10-22(11-14-24)29(34)27-28(33(31(36)30(27)35)18-9-17-32(5)6)23-12-15-25(26(20-23)38-8-2)39-19-16-21(3)4/h10-15,20-21,28,34H,7-9,16-19H2,1-6H3.